The van der Waals surface area contributed by atoms with E-state index in [1.807, 2.05) is 18.3 Å². The fourth-order valence-corrected chi connectivity index (χ4v) is 4.60. The van der Waals surface area contributed by atoms with Gasteiger partial charge in [0.25, 0.3) is 0 Å². The van der Waals surface area contributed by atoms with E-state index in [4.69, 9.17) is 9.47 Å². The third-order valence-corrected chi connectivity index (χ3v) is 6.33. The minimum Gasteiger partial charge on any atom is -0.493 e. The van der Waals surface area contributed by atoms with Gasteiger partial charge < -0.3 is 9.47 Å². The largest absolute Gasteiger partial charge is 0.493 e. The third-order valence-electron chi connectivity index (χ3n) is 5.35. The molecule has 154 valence electrons. The van der Waals surface area contributed by atoms with Gasteiger partial charge in [-0.25, -0.2) is 4.98 Å². The molecule has 1 heterocycles. The fraction of sp³-hybridized carbons (Fsp3) is 0.346. The summed E-state index contributed by atoms with van der Waals surface area (Å²) in [6.45, 7) is 2.09. The van der Waals surface area contributed by atoms with Gasteiger partial charge in [-0.05, 0) is 61.9 Å². The van der Waals surface area contributed by atoms with Crippen LogP contribution in [0.4, 0.5) is 0 Å². The molecule has 0 aliphatic heterocycles. The molecule has 30 heavy (non-hydrogen) atoms. The highest BCUT2D eigenvalue weighted by molar-refractivity contribution is 7.11. The van der Waals surface area contributed by atoms with Crippen molar-refractivity contribution in [3.63, 3.8) is 0 Å². The van der Waals surface area contributed by atoms with Crippen LogP contribution >= 0.6 is 11.3 Å². The second-order valence-corrected chi connectivity index (χ2v) is 8.92. The Balaban J connectivity index is 1.54. The quantitative estimate of drug-likeness (QED) is 0.433. The van der Waals surface area contributed by atoms with Crippen molar-refractivity contribution in [1.29, 1.82) is 0 Å². The molecule has 1 fully saturated rings. The van der Waals surface area contributed by atoms with Crippen molar-refractivity contribution in [2.75, 3.05) is 7.11 Å². The SMILES string of the molecule is COc1ccc(-c2ccccc2C#CCCc2ncc(C)s2)cc1OC1CCCC1. The highest BCUT2D eigenvalue weighted by Crippen LogP contribution is 2.36. The van der Waals surface area contributed by atoms with Gasteiger partial charge in [0.2, 0.25) is 0 Å². The highest BCUT2D eigenvalue weighted by Gasteiger charge is 2.19. The molecule has 0 amide bonds. The van der Waals surface area contributed by atoms with Crippen LogP contribution in [0.2, 0.25) is 0 Å². The number of methoxy groups -OCH3 is 1. The summed E-state index contributed by atoms with van der Waals surface area (Å²) in [7, 11) is 1.69. The summed E-state index contributed by atoms with van der Waals surface area (Å²) >= 11 is 1.75. The molecule has 0 bridgehead atoms. The standard InChI is InChI=1S/C26H27NO2S/c1-19-18-27-26(30-19)14-8-4-10-20-9-3-7-13-23(20)21-15-16-24(28-2)25(17-21)29-22-11-5-6-12-22/h3,7,9,13,15-18,22H,5-6,8,11-12,14H2,1-2H3. The van der Waals surface area contributed by atoms with Crippen LogP contribution in [0.25, 0.3) is 11.1 Å². The summed E-state index contributed by atoms with van der Waals surface area (Å²) in [5.41, 5.74) is 3.25. The summed E-state index contributed by atoms with van der Waals surface area (Å²) in [5, 5.41) is 1.15. The molecule has 1 aromatic heterocycles. The Labute approximate surface area is 183 Å². The van der Waals surface area contributed by atoms with Crippen LogP contribution < -0.4 is 9.47 Å². The Morgan fingerprint density at radius 1 is 1.10 bits per heavy atom. The number of ether oxygens (including phenoxy) is 2. The molecule has 4 heteroatoms. The number of hydrogen-bond donors (Lipinski definition) is 0. The van der Waals surface area contributed by atoms with Gasteiger partial charge >= 0.3 is 0 Å². The van der Waals surface area contributed by atoms with E-state index in [0.29, 0.717) is 6.10 Å². The molecule has 0 unspecified atom stereocenters. The Bertz CT molecular complexity index is 1050. The number of aryl methyl sites for hydroxylation is 2. The van der Waals surface area contributed by atoms with Gasteiger partial charge in [-0.15, -0.1) is 11.3 Å². The maximum absolute atomic E-state index is 6.28. The zero-order valence-corrected chi connectivity index (χ0v) is 18.4. The van der Waals surface area contributed by atoms with Crippen LogP contribution in [0.3, 0.4) is 0 Å². The molecule has 1 saturated carbocycles. The van der Waals surface area contributed by atoms with E-state index in [-0.39, 0.29) is 0 Å². The molecule has 0 radical (unpaired) electrons. The molecule has 1 aliphatic carbocycles. The van der Waals surface area contributed by atoms with Crippen molar-refractivity contribution in [2.24, 2.45) is 0 Å². The lowest BCUT2D eigenvalue weighted by molar-refractivity contribution is 0.201. The summed E-state index contributed by atoms with van der Waals surface area (Å²) in [5.74, 6) is 8.30. The van der Waals surface area contributed by atoms with Gasteiger partial charge in [-0.1, -0.05) is 36.1 Å². The van der Waals surface area contributed by atoms with E-state index < -0.39 is 0 Å². The molecule has 2 aromatic carbocycles. The van der Waals surface area contributed by atoms with Crippen LogP contribution in [0.1, 0.15) is 47.6 Å². The zero-order valence-electron chi connectivity index (χ0n) is 17.6. The van der Waals surface area contributed by atoms with Gasteiger partial charge in [0.15, 0.2) is 11.5 Å². The average Bonchev–Trinajstić information content (AvgIpc) is 3.43. The van der Waals surface area contributed by atoms with E-state index >= 15 is 0 Å². The number of hydrogen-bond acceptors (Lipinski definition) is 4. The molecule has 4 rings (SSSR count). The van der Waals surface area contributed by atoms with Gasteiger partial charge in [0.1, 0.15) is 0 Å². The van der Waals surface area contributed by atoms with Crippen molar-refractivity contribution >= 4 is 11.3 Å². The zero-order chi connectivity index (χ0) is 20.8. The summed E-state index contributed by atoms with van der Waals surface area (Å²) in [6, 6.07) is 14.5. The lowest BCUT2D eigenvalue weighted by Crippen LogP contribution is -2.11. The molecule has 0 N–H and O–H groups in total. The molecule has 3 nitrogen and oxygen atoms in total. The van der Waals surface area contributed by atoms with E-state index in [2.05, 4.69) is 54.1 Å². The molecule has 3 aromatic rings. The predicted octanol–water partition coefficient (Wildman–Crippen LogP) is 6.43. The summed E-state index contributed by atoms with van der Waals surface area (Å²) in [4.78, 5) is 5.67. The third kappa shape index (κ3) is 5.04. The topological polar surface area (TPSA) is 31.4 Å². The summed E-state index contributed by atoms with van der Waals surface area (Å²) < 4.78 is 11.8. The number of rotatable bonds is 6. The van der Waals surface area contributed by atoms with Crippen molar-refractivity contribution in [1.82, 2.24) is 4.98 Å². The number of benzene rings is 2. The highest BCUT2D eigenvalue weighted by atomic mass is 32.1. The van der Waals surface area contributed by atoms with E-state index in [9.17, 15) is 0 Å². The van der Waals surface area contributed by atoms with E-state index in [0.717, 1.165) is 58.9 Å². The van der Waals surface area contributed by atoms with Gasteiger partial charge in [-0.2, -0.15) is 0 Å². The minimum absolute atomic E-state index is 0.290. The van der Waals surface area contributed by atoms with Crippen molar-refractivity contribution in [3.8, 4) is 34.5 Å². The van der Waals surface area contributed by atoms with Crippen molar-refractivity contribution in [3.05, 3.63) is 64.1 Å². The van der Waals surface area contributed by atoms with Crippen LogP contribution in [0.5, 0.6) is 11.5 Å². The predicted molar refractivity (Wildman–Crippen MR) is 123 cm³/mol. The van der Waals surface area contributed by atoms with E-state index in [1.165, 1.54) is 17.7 Å². The first kappa shape index (κ1) is 20.5. The van der Waals surface area contributed by atoms with Crippen LogP contribution in [-0.4, -0.2) is 18.2 Å². The number of nitrogens with zero attached hydrogens (tertiary/aromatic N) is 1. The maximum Gasteiger partial charge on any atom is 0.162 e. The van der Waals surface area contributed by atoms with Crippen LogP contribution in [0, 0.1) is 18.8 Å². The minimum atomic E-state index is 0.290. The molecule has 0 saturated heterocycles. The first-order chi connectivity index (χ1) is 14.7. The second-order valence-electron chi connectivity index (χ2n) is 7.60. The second kappa shape index (κ2) is 9.82. The molecule has 0 atom stereocenters. The van der Waals surface area contributed by atoms with Crippen molar-refractivity contribution in [2.45, 2.75) is 51.6 Å². The van der Waals surface area contributed by atoms with Gasteiger partial charge in [0.05, 0.1) is 18.2 Å². The molecule has 1 aliphatic rings. The first-order valence-electron chi connectivity index (χ1n) is 10.6. The normalized spacial score (nSPS) is 13.7. The van der Waals surface area contributed by atoms with Crippen molar-refractivity contribution < 1.29 is 9.47 Å². The first-order valence-corrected chi connectivity index (χ1v) is 11.4. The monoisotopic (exact) mass is 417 g/mol. The summed E-state index contributed by atoms with van der Waals surface area (Å²) in [6.07, 6.45) is 8.64. The van der Waals surface area contributed by atoms with Gasteiger partial charge in [0, 0.05) is 29.5 Å². The lowest BCUT2D eigenvalue weighted by atomic mass is 9.99. The Morgan fingerprint density at radius 2 is 1.93 bits per heavy atom. The Hall–Kier alpha value is -2.77. The van der Waals surface area contributed by atoms with Crippen LogP contribution in [-0.2, 0) is 6.42 Å². The number of aromatic nitrogens is 1. The number of thiazole rings is 1. The average molecular weight is 418 g/mol. The maximum atomic E-state index is 6.28. The molecule has 0 spiro atoms. The van der Waals surface area contributed by atoms with Crippen LogP contribution in [0.15, 0.2) is 48.7 Å². The lowest BCUT2D eigenvalue weighted by Gasteiger charge is -2.17. The molecular formula is C26H27NO2S. The van der Waals surface area contributed by atoms with Gasteiger partial charge in [-0.3, -0.25) is 0 Å². The smallest absolute Gasteiger partial charge is 0.162 e. The Kier molecular flexibility index (Phi) is 6.71. The van der Waals surface area contributed by atoms with E-state index in [1.54, 1.807) is 18.4 Å². The fourth-order valence-electron chi connectivity index (χ4n) is 3.81. The Morgan fingerprint density at radius 3 is 2.70 bits per heavy atom. The molecular weight excluding hydrogens is 390 g/mol.